The van der Waals surface area contributed by atoms with Crippen LogP contribution in [0.2, 0.25) is 10.0 Å². The number of hydrogen-bond donors (Lipinski definition) is 1. The Kier molecular flexibility index (Phi) is 7.68. The number of halogens is 2. The number of benzene rings is 1. The van der Waals surface area contributed by atoms with Crippen molar-refractivity contribution < 1.29 is 4.74 Å². The van der Waals surface area contributed by atoms with E-state index in [1.54, 1.807) is 7.11 Å². The molecule has 1 atom stereocenters. The van der Waals surface area contributed by atoms with Gasteiger partial charge in [-0.1, -0.05) is 36.2 Å². The molecule has 1 unspecified atom stereocenters. The maximum Gasteiger partial charge on any atom is 0.0595 e. The molecular weight excluding hydrogens is 269 g/mol. The van der Waals surface area contributed by atoms with Crippen molar-refractivity contribution in [2.45, 2.75) is 32.2 Å². The number of likely N-dealkylation sites (N-methyl/N-ethyl adjacent to an activating group) is 1. The molecule has 2 nitrogen and oxygen atoms in total. The van der Waals surface area contributed by atoms with Crippen molar-refractivity contribution in [2.24, 2.45) is 0 Å². The van der Waals surface area contributed by atoms with Crippen LogP contribution >= 0.6 is 23.2 Å². The first kappa shape index (κ1) is 15.8. The third-order valence-corrected chi connectivity index (χ3v) is 3.60. The van der Waals surface area contributed by atoms with E-state index < -0.39 is 0 Å². The van der Waals surface area contributed by atoms with Crippen molar-refractivity contribution in [3.05, 3.63) is 33.8 Å². The van der Waals surface area contributed by atoms with Crippen LogP contribution in [0.4, 0.5) is 0 Å². The van der Waals surface area contributed by atoms with Gasteiger partial charge in [-0.15, -0.1) is 0 Å². The molecule has 1 aromatic rings. The van der Waals surface area contributed by atoms with Gasteiger partial charge in [0.25, 0.3) is 0 Å². The van der Waals surface area contributed by atoms with Crippen molar-refractivity contribution in [3.63, 3.8) is 0 Å². The highest BCUT2D eigenvalue weighted by Crippen LogP contribution is 2.23. The zero-order valence-electron chi connectivity index (χ0n) is 11.0. The minimum atomic E-state index is 0.461. The fourth-order valence-corrected chi connectivity index (χ4v) is 2.31. The molecule has 1 aromatic carbocycles. The first-order valence-electron chi connectivity index (χ1n) is 6.33. The van der Waals surface area contributed by atoms with E-state index in [1.807, 2.05) is 18.2 Å². The number of ether oxygens (including phenoxy) is 1. The average molecular weight is 290 g/mol. The summed E-state index contributed by atoms with van der Waals surface area (Å²) in [5, 5.41) is 4.73. The van der Waals surface area contributed by atoms with E-state index in [4.69, 9.17) is 27.9 Å². The Labute approximate surface area is 120 Å². The molecule has 0 spiro atoms. The molecule has 0 radical (unpaired) electrons. The largest absolute Gasteiger partial charge is 0.385 e. The van der Waals surface area contributed by atoms with Crippen molar-refractivity contribution in [3.8, 4) is 0 Å². The van der Waals surface area contributed by atoms with E-state index in [0.717, 1.165) is 32.4 Å². The predicted octanol–water partition coefficient (Wildman–Crippen LogP) is 3.94. The summed E-state index contributed by atoms with van der Waals surface area (Å²) >= 11 is 11.9. The molecule has 0 fully saturated rings. The summed E-state index contributed by atoms with van der Waals surface area (Å²) in [4.78, 5) is 0. The van der Waals surface area contributed by atoms with Crippen LogP contribution in [-0.2, 0) is 11.2 Å². The highest BCUT2D eigenvalue weighted by Gasteiger charge is 2.09. The number of methoxy groups -OCH3 is 1. The maximum absolute atomic E-state index is 6.03. The number of nitrogens with one attached hydrogen (secondary N) is 1. The predicted molar refractivity (Wildman–Crippen MR) is 78.7 cm³/mol. The van der Waals surface area contributed by atoms with Gasteiger partial charge in [0.2, 0.25) is 0 Å². The molecular formula is C14H21Cl2NO. The second-order valence-corrected chi connectivity index (χ2v) is 5.16. The van der Waals surface area contributed by atoms with Crippen LogP contribution < -0.4 is 5.32 Å². The zero-order valence-corrected chi connectivity index (χ0v) is 12.5. The van der Waals surface area contributed by atoms with E-state index in [1.165, 1.54) is 5.56 Å². The van der Waals surface area contributed by atoms with Gasteiger partial charge in [0.1, 0.15) is 0 Å². The normalized spacial score (nSPS) is 12.7. The molecule has 0 amide bonds. The lowest BCUT2D eigenvalue weighted by molar-refractivity contribution is 0.188. The molecule has 0 aliphatic carbocycles. The molecule has 0 saturated heterocycles. The van der Waals surface area contributed by atoms with Gasteiger partial charge in [0, 0.05) is 19.8 Å². The standard InChI is InChI=1S/C14H21Cl2NO/c1-3-17-12(5-4-8-18-2)9-11-6-7-13(15)14(16)10-11/h6-7,10,12,17H,3-5,8-9H2,1-2H3. The Morgan fingerprint density at radius 1 is 1.28 bits per heavy atom. The number of hydrogen-bond acceptors (Lipinski definition) is 2. The van der Waals surface area contributed by atoms with Gasteiger partial charge in [0.15, 0.2) is 0 Å². The summed E-state index contributed by atoms with van der Waals surface area (Å²) in [5.74, 6) is 0. The van der Waals surface area contributed by atoms with Crippen molar-refractivity contribution in [2.75, 3.05) is 20.3 Å². The smallest absolute Gasteiger partial charge is 0.0595 e. The third-order valence-electron chi connectivity index (χ3n) is 2.86. The monoisotopic (exact) mass is 289 g/mol. The van der Waals surface area contributed by atoms with Crippen LogP contribution in [0.1, 0.15) is 25.3 Å². The fourth-order valence-electron chi connectivity index (χ4n) is 1.99. The first-order chi connectivity index (χ1) is 8.67. The molecule has 1 rings (SSSR count). The van der Waals surface area contributed by atoms with Crippen LogP contribution in [0.5, 0.6) is 0 Å². The molecule has 102 valence electrons. The van der Waals surface area contributed by atoms with Gasteiger partial charge in [-0.05, 0) is 43.5 Å². The Balaban J connectivity index is 2.55. The molecule has 0 aliphatic rings. The second-order valence-electron chi connectivity index (χ2n) is 4.34. The summed E-state index contributed by atoms with van der Waals surface area (Å²) < 4.78 is 5.09. The Bertz CT molecular complexity index is 358. The van der Waals surface area contributed by atoms with E-state index in [-0.39, 0.29) is 0 Å². The highest BCUT2D eigenvalue weighted by molar-refractivity contribution is 6.42. The summed E-state index contributed by atoms with van der Waals surface area (Å²) in [5.41, 5.74) is 1.22. The maximum atomic E-state index is 6.03. The lowest BCUT2D eigenvalue weighted by Crippen LogP contribution is -2.31. The van der Waals surface area contributed by atoms with Gasteiger partial charge in [-0.25, -0.2) is 0 Å². The molecule has 4 heteroatoms. The molecule has 0 aliphatic heterocycles. The van der Waals surface area contributed by atoms with Gasteiger partial charge >= 0.3 is 0 Å². The van der Waals surface area contributed by atoms with E-state index in [9.17, 15) is 0 Å². The van der Waals surface area contributed by atoms with Gasteiger partial charge in [-0.2, -0.15) is 0 Å². The van der Waals surface area contributed by atoms with Gasteiger partial charge in [-0.3, -0.25) is 0 Å². The SMILES string of the molecule is CCNC(CCCOC)Cc1ccc(Cl)c(Cl)c1. The summed E-state index contributed by atoms with van der Waals surface area (Å²) in [6, 6.07) is 6.30. The Hall–Kier alpha value is -0.280. The minimum absolute atomic E-state index is 0.461. The molecule has 0 bridgehead atoms. The minimum Gasteiger partial charge on any atom is -0.385 e. The molecule has 18 heavy (non-hydrogen) atoms. The van der Waals surface area contributed by atoms with Crippen molar-refractivity contribution in [1.82, 2.24) is 5.32 Å². The summed E-state index contributed by atoms with van der Waals surface area (Å²) in [6.45, 7) is 3.90. The van der Waals surface area contributed by atoms with Gasteiger partial charge < -0.3 is 10.1 Å². The number of rotatable bonds is 8. The first-order valence-corrected chi connectivity index (χ1v) is 7.09. The second kappa shape index (κ2) is 8.76. The van der Waals surface area contributed by atoms with Gasteiger partial charge in [0.05, 0.1) is 10.0 Å². The Morgan fingerprint density at radius 2 is 2.06 bits per heavy atom. The topological polar surface area (TPSA) is 21.3 Å². The third kappa shape index (κ3) is 5.57. The molecule has 0 saturated carbocycles. The van der Waals surface area contributed by atoms with Crippen LogP contribution in [-0.4, -0.2) is 26.3 Å². The lowest BCUT2D eigenvalue weighted by atomic mass is 10.0. The molecule has 0 heterocycles. The van der Waals surface area contributed by atoms with Crippen molar-refractivity contribution in [1.29, 1.82) is 0 Å². The molecule has 0 aromatic heterocycles. The highest BCUT2D eigenvalue weighted by atomic mass is 35.5. The van der Waals surface area contributed by atoms with Crippen LogP contribution in [0, 0.1) is 0 Å². The zero-order chi connectivity index (χ0) is 13.4. The fraction of sp³-hybridized carbons (Fsp3) is 0.571. The van der Waals surface area contributed by atoms with Crippen molar-refractivity contribution >= 4 is 23.2 Å². The lowest BCUT2D eigenvalue weighted by Gasteiger charge is -2.18. The van der Waals surface area contributed by atoms with Crippen LogP contribution in [0.25, 0.3) is 0 Å². The Morgan fingerprint density at radius 3 is 2.67 bits per heavy atom. The average Bonchev–Trinajstić information content (AvgIpc) is 2.34. The van der Waals surface area contributed by atoms with E-state index in [2.05, 4.69) is 12.2 Å². The summed E-state index contributed by atoms with van der Waals surface area (Å²) in [6.07, 6.45) is 3.13. The van der Waals surface area contributed by atoms with E-state index >= 15 is 0 Å². The van der Waals surface area contributed by atoms with Crippen LogP contribution in [0.3, 0.4) is 0 Å². The summed E-state index contributed by atoms with van der Waals surface area (Å²) in [7, 11) is 1.74. The molecule has 1 N–H and O–H groups in total. The van der Waals surface area contributed by atoms with Crippen LogP contribution in [0.15, 0.2) is 18.2 Å². The van der Waals surface area contributed by atoms with E-state index in [0.29, 0.717) is 16.1 Å². The quantitative estimate of drug-likeness (QED) is 0.732.